The molecule has 180 valence electrons. The molecule has 34 heavy (non-hydrogen) atoms. The Hall–Kier alpha value is -3.51. The summed E-state index contributed by atoms with van der Waals surface area (Å²) in [5, 5.41) is 20.7. The molecule has 0 aromatic carbocycles. The number of phosphoric acid groups is 1. The molecule has 1 aliphatic rings. The summed E-state index contributed by atoms with van der Waals surface area (Å²) in [5.41, 5.74) is 12.9. The van der Waals surface area contributed by atoms with Crippen molar-refractivity contribution in [2.75, 3.05) is 18.1 Å². The molecule has 0 saturated carbocycles. The zero-order valence-corrected chi connectivity index (χ0v) is 17.8. The van der Waals surface area contributed by atoms with E-state index in [0.29, 0.717) is 5.52 Å². The second-order valence-corrected chi connectivity index (χ2v) is 8.44. The molecule has 1 saturated heterocycles. The number of imidazole rings is 2. The molecule has 0 bridgehead atoms. The number of rotatable bonds is 6. The van der Waals surface area contributed by atoms with Gasteiger partial charge in [-0.15, -0.1) is 0 Å². The predicted octanol–water partition coefficient (Wildman–Crippen LogP) is -2.40. The molecule has 4 atom stereocenters. The van der Waals surface area contributed by atoms with E-state index in [1.165, 1.54) is 17.2 Å². The lowest BCUT2D eigenvalue weighted by Gasteiger charge is -2.14. The number of hydrogen-bond donors (Lipinski definition) is 8. The van der Waals surface area contributed by atoms with Crippen LogP contribution in [-0.2, 0) is 13.8 Å². The van der Waals surface area contributed by atoms with Crippen LogP contribution in [0.15, 0.2) is 12.7 Å². The van der Waals surface area contributed by atoms with Crippen molar-refractivity contribution in [3.05, 3.63) is 12.7 Å². The average molecular weight is 497 g/mol. The Morgan fingerprint density at radius 1 is 1.06 bits per heavy atom. The van der Waals surface area contributed by atoms with Crippen molar-refractivity contribution in [3.63, 3.8) is 0 Å². The van der Waals surface area contributed by atoms with Gasteiger partial charge in [0, 0.05) is 0 Å². The van der Waals surface area contributed by atoms with Gasteiger partial charge in [0.1, 0.15) is 23.8 Å². The number of aliphatic hydroxyl groups is 2. The van der Waals surface area contributed by atoms with Crippen LogP contribution in [0.3, 0.4) is 0 Å². The first-order valence-electron chi connectivity index (χ1n) is 9.52. The number of H-pyrrole nitrogens is 2. The first-order chi connectivity index (χ1) is 16.1. The summed E-state index contributed by atoms with van der Waals surface area (Å²) in [4.78, 5) is 43.7. The van der Waals surface area contributed by atoms with Crippen LogP contribution in [0.2, 0.25) is 0 Å². The summed E-state index contributed by atoms with van der Waals surface area (Å²) in [6.07, 6.45) is -2.72. The number of phosphoric ester groups is 1. The highest BCUT2D eigenvalue weighted by molar-refractivity contribution is 7.46. The van der Waals surface area contributed by atoms with Crippen LogP contribution >= 0.6 is 7.82 Å². The quantitative estimate of drug-likeness (QED) is 0.102. The van der Waals surface area contributed by atoms with E-state index in [-0.39, 0.29) is 40.5 Å². The number of aromatic amines is 2. The first-order valence-corrected chi connectivity index (χ1v) is 11.1. The van der Waals surface area contributed by atoms with E-state index < -0.39 is 39.0 Å². The first kappa shape index (κ1) is 22.3. The zero-order valence-electron chi connectivity index (χ0n) is 16.9. The van der Waals surface area contributed by atoms with Crippen molar-refractivity contribution >= 4 is 41.8 Å². The smallest absolute Gasteiger partial charge is 0.387 e. The number of aliphatic hydroxyl groups excluding tert-OH is 2. The lowest BCUT2D eigenvalue weighted by atomic mass is 10.1. The van der Waals surface area contributed by atoms with Crippen LogP contribution in [0.25, 0.3) is 22.3 Å². The second-order valence-electron chi connectivity index (χ2n) is 7.20. The Balaban J connectivity index is 1.45. The SMILES string of the molecule is Nc1nc(Oc2nc(N)c3[nH]c[n+]([C@@H]4O[C@H](COP(=O)(O)O)[C@H](O)C4O)c3n2)nc2nc[nH]c12. The summed E-state index contributed by atoms with van der Waals surface area (Å²) >= 11 is 0. The van der Waals surface area contributed by atoms with Gasteiger partial charge in [0.25, 0.3) is 0 Å². The average Bonchev–Trinajstić information content (AvgIpc) is 3.46. The Morgan fingerprint density at radius 2 is 1.76 bits per heavy atom. The molecule has 0 radical (unpaired) electrons. The minimum atomic E-state index is -4.81. The number of nitrogens with one attached hydrogen (secondary N) is 2. The van der Waals surface area contributed by atoms with Gasteiger partial charge in [-0.25, -0.2) is 14.1 Å². The van der Waals surface area contributed by atoms with Gasteiger partial charge in [0.2, 0.25) is 11.7 Å². The molecule has 4 aromatic rings. The standard InChI is InChI=1S/C15H17N10O8P/c16-9-5-11(19-2-18-5)23-14(21-9)33-15-22-10(17)6-12(24-15)25(3-20-6)13-8(27)7(26)4(32-13)1-31-34(28,29)30/h2-4,7-8,13,26-27H,1H2,(H7,16,17,18,19,21,22,23,24,28,29,30)/p+1/t4-,7+,8?,13-/m1/s1. The third kappa shape index (κ3) is 3.99. The maximum Gasteiger partial charge on any atom is 0.469 e. The number of aromatic nitrogens is 8. The minimum absolute atomic E-state index is 0.0259. The third-order valence-corrected chi connectivity index (χ3v) is 5.47. The summed E-state index contributed by atoms with van der Waals surface area (Å²) in [6.45, 7) is -0.665. The number of nitrogen functional groups attached to an aromatic ring is 2. The fraction of sp³-hybridized carbons (Fsp3) is 0.333. The molecule has 19 heteroatoms. The Morgan fingerprint density at radius 3 is 2.50 bits per heavy atom. The number of nitrogens with zero attached hydrogens (tertiary/aromatic N) is 6. The molecular formula is C15H18N10O8P+. The van der Waals surface area contributed by atoms with E-state index in [0.717, 1.165) is 0 Å². The van der Waals surface area contributed by atoms with Crippen LogP contribution in [0.5, 0.6) is 12.0 Å². The van der Waals surface area contributed by atoms with Gasteiger partial charge >= 0.3 is 25.5 Å². The minimum Gasteiger partial charge on any atom is -0.387 e. The lowest BCUT2D eigenvalue weighted by Crippen LogP contribution is -2.45. The van der Waals surface area contributed by atoms with Crippen LogP contribution < -0.4 is 20.8 Å². The van der Waals surface area contributed by atoms with Gasteiger partial charge in [-0.1, -0.05) is 0 Å². The molecule has 18 nitrogen and oxygen atoms in total. The van der Waals surface area contributed by atoms with E-state index in [4.69, 9.17) is 30.7 Å². The number of fused-ring (bicyclic) bond motifs is 2. The monoisotopic (exact) mass is 497 g/mol. The topological polar surface area (TPSA) is 278 Å². The molecule has 1 unspecified atom stereocenters. The molecular weight excluding hydrogens is 479 g/mol. The Labute approximate surface area is 187 Å². The number of anilines is 2. The van der Waals surface area contributed by atoms with Crippen LogP contribution in [0.4, 0.5) is 11.6 Å². The third-order valence-electron chi connectivity index (χ3n) is 4.98. The van der Waals surface area contributed by atoms with Gasteiger partial charge < -0.3 is 45.9 Å². The Bertz CT molecular complexity index is 1420. The van der Waals surface area contributed by atoms with E-state index in [1.807, 2.05) is 0 Å². The van der Waals surface area contributed by atoms with Gasteiger partial charge in [0.15, 0.2) is 23.6 Å². The highest BCUT2D eigenvalue weighted by atomic mass is 31.2. The summed E-state index contributed by atoms with van der Waals surface area (Å²) in [7, 11) is -4.81. The maximum absolute atomic E-state index is 11.0. The van der Waals surface area contributed by atoms with Gasteiger partial charge in [-0.05, 0) is 4.98 Å². The molecule has 1 aliphatic heterocycles. The lowest BCUT2D eigenvalue weighted by molar-refractivity contribution is -0.745. The van der Waals surface area contributed by atoms with Crippen molar-refractivity contribution in [1.82, 2.24) is 34.9 Å². The number of nitrogens with two attached hydrogens (primary N) is 2. The van der Waals surface area contributed by atoms with Crippen molar-refractivity contribution in [3.8, 4) is 12.0 Å². The highest BCUT2D eigenvalue weighted by Gasteiger charge is 2.47. The molecule has 0 aliphatic carbocycles. The van der Waals surface area contributed by atoms with Gasteiger partial charge in [-0.3, -0.25) is 9.51 Å². The molecule has 1 fully saturated rings. The van der Waals surface area contributed by atoms with E-state index >= 15 is 0 Å². The normalized spacial score (nSPS) is 23.2. The molecule has 5 heterocycles. The fourth-order valence-corrected chi connectivity index (χ4v) is 3.78. The maximum atomic E-state index is 11.0. The molecule has 0 amide bonds. The van der Waals surface area contributed by atoms with Gasteiger partial charge in [0.05, 0.1) is 12.9 Å². The highest BCUT2D eigenvalue weighted by Crippen LogP contribution is 2.38. The van der Waals surface area contributed by atoms with Crippen molar-refractivity contribution < 1.29 is 43.1 Å². The van der Waals surface area contributed by atoms with Crippen LogP contribution in [0, 0.1) is 0 Å². The fourth-order valence-electron chi connectivity index (χ4n) is 3.43. The van der Waals surface area contributed by atoms with E-state index in [1.54, 1.807) is 0 Å². The van der Waals surface area contributed by atoms with Crippen molar-refractivity contribution in [1.29, 1.82) is 0 Å². The molecule has 10 N–H and O–H groups in total. The largest absolute Gasteiger partial charge is 0.469 e. The summed E-state index contributed by atoms with van der Waals surface area (Å²) in [6, 6.07) is -0.456. The summed E-state index contributed by atoms with van der Waals surface area (Å²) < 4.78 is 27.7. The van der Waals surface area contributed by atoms with Crippen molar-refractivity contribution in [2.45, 2.75) is 24.5 Å². The van der Waals surface area contributed by atoms with Crippen molar-refractivity contribution in [2.24, 2.45) is 0 Å². The Kier molecular flexibility index (Phi) is 5.29. The molecule has 0 spiro atoms. The van der Waals surface area contributed by atoms with Crippen LogP contribution in [0.1, 0.15) is 6.23 Å². The van der Waals surface area contributed by atoms with E-state index in [9.17, 15) is 14.8 Å². The summed E-state index contributed by atoms with van der Waals surface area (Å²) in [5.74, 6) is 0.0604. The van der Waals surface area contributed by atoms with E-state index in [2.05, 4.69) is 39.4 Å². The molecule has 4 aromatic heterocycles. The number of ether oxygens (including phenoxy) is 2. The zero-order chi connectivity index (χ0) is 24.2. The number of hydrogen-bond acceptors (Lipinski definition) is 13. The molecule has 5 rings (SSSR count). The predicted molar refractivity (Wildman–Crippen MR) is 109 cm³/mol. The van der Waals surface area contributed by atoms with Gasteiger partial charge in [-0.2, -0.15) is 15.0 Å². The van der Waals surface area contributed by atoms with Crippen LogP contribution in [-0.4, -0.2) is 79.8 Å². The second kappa shape index (κ2) is 8.06.